The molecular weight excluding hydrogens is 455 g/mol. The number of hydrogen-bond acceptors (Lipinski definition) is 6. The van der Waals surface area contributed by atoms with Crippen LogP contribution in [0.3, 0.4) is 0 Å². The molecule has 2 aromatic rings. The topological polar surface area (TPSA) is 116 Å². The normalized spacial score (nSPS) is 22.6. The van der Waals surface area contributed by atoms with Crippen molar-refractivity contribution in [3.8, 4) is 5.75 Å². The number of alkyl halides is 3. The maximum atomic E-state index is 13.0. The van der Waals surface area contributed by atoms with Crippen molar-refractivity contribution in [2.75, 3.05) is 15.5 Å². The molecule has 1 aromatic heterocycles. The minimum Gasteiger partial charge on any atom is -0.406 e. The van der Waals surface area contributed by atoms with Crippen LogP contribution in [0.2, 0.25) is 0 Å². The van der Waals surface area contributed by atoms with Crippen LogP contribution in [0.1, 0.15) is 51.0 Å². The van der Waals surface area contributed by atoms with Crippen molar-refractivity contribution in [2.24, 2.45) is 0 Å². The van der Waals surface area contributed by atoms with Crippen LogP contribution in [0.4, 0.5) is 30.6 Å². The Morgan fingerprint density at radius 1 is 1.21 bits per heavy atom. The minimum absolute atomic E-state index is 0.000798. The Kier molecular flexibility index (Phi) is 6.24. The highest BCUT2D eigenvalue weighted by atomic mass is 19.4. The molecule has 1 fully saturated rings. The Morgan fingerprint density at radius 2 is 1.91 bits per heavy atom. The lowest BCUT2D eigenvalue weighted by Gasteiger charge is -2.39. The van der Waals surface area contributed by atoms with Crippen molar-refractivity contribution in [3.05, 3.63) is 40.2 Å². The molecule has 2 aliphatic rings. The summed E-state index contributed by atoms with van der Waals surface area (Å²) in [7, 11) is 0. The van der Waals surface area contributed by atoms with Gasteiger partial charge in [-0.2, -0.15) is 4.98 Å². The van der Waals surface area contributed by atoms with Crippen molar-refractivity contribution in [2.45, 2.75) is 63.9 Å². The monoisotopic (exact) mass is 479 g/mol. The largest absolute Gasteiger partial charge is 0.573 e. The second-order valence-corrected chi connectivity index (χ2v) is 8.56. The maximum absolute atomic E-state index is 13.0. The fraction of sp³-hybridized carbons (Fsp3) is 0.455. The lowest BCUT2D eigenvalue weighted by Crippen LogP contribution is -2.46. The predicted molar refractivity (Wildman–Crippen MR) is 118 cm³/mol. The van der Waals surface area contributed by atoms with Gasteiger partial charge in [0.2, 0.25) is 17.8 Å². The number of nitrogens with one attached hydrogen (secondary N) is 3. The lowest BCUT2D eigenvalue weighted by atomic mass is 9.92. The number of H-pyrrole nitrogens is 1. The molecule has 0 aliphatic carbocycles. The van der Waals surface area contributed by atoms with E-state index in [4.69, 9.17) is 0 Å². The molecule has 9 nitrogen and oxygen atoms in total. The summed E-state index contributed by atoms with van der Waals surface area (Å²) >= 11 is 0. The quantitative estimate of drug-likeness (QED) is 0.618. The summed E-state index contributed by atoms with van der Waals surface area (Å²) < 4.78 is 41.3. The average Bonchev–Trinajstić information content (AvgIpc) is 2.71. The van der Waals surface area contributed by atoms with Crippen LogP contribution in [-0.2, 0) is 9.59 Å². The van der Waals surface area contributed by atoms with E-state index < -0.39 is 35.4 Å². The third-order valence-corrected chi connectivity index (χ3v) is 6.03. The summed E-state index contributed by atoms with van der Waals surface area (Å²) in [6, 6.07) is 5.00. The number of piperidine rings is 1. The van der Waals surface area contributed by atoms with Crippen molar-refractivity contribution in [3.63, 3.8) is 0 Å². The number of halogens is 3. The van der Waals surface area contributed by atoms with Crippen LogP contribution >= 0.6 is 0 Å². The summed E-state index contributed by atoms with van der Waals surface area (Å²) in [5, 5.41) is 5.03. The van der Waals surface area contributed by atoms with Crippen molar-refractivity contribution in [1.29, 1.82) is 0 Å². The van der Waals surface area contributed by atoms with Crippen LogP contribution in [-0.4, -0.2) is 40.2 Å². The molecule has 4 rings (SSSR count). The molecule has 0 saturated carbocycles. The Balaban J connectivity index is 1.62. The molecule has 0 spiro atoms. The smallest absolute Gasteiger partial charge is 0.406 e. The molecule has 0 bridgehead atoms. The Labute approximate surface area is 192 Å². The second kappa shape index (κ2) is 8.99. The number of nitrogens with zero attached hydrogens (tertiary/aromatic N) is 2. The fourth-order valence-corrected chi connectivity index (χ4v) is 4.54. The number of anilines is 3. The Hall–Kier alpha value is -3.57. The number of amides is 2. The van der Waals surface area contributed by atoms with E-state index in [-0.39, 0.29) is 35.6 Å². The summed E-state index contributed by atoms with van der Waals surface area (Å²) in [6.45, 7) is 4.06. The first-order chi connectivity index (χ1) is 16.0. The molecule has 3 heterocycles. The number of carbonyl (C=O) groups is 2. The lowest BCUT2D eigenvalue weighted by molar-refractivity contribution is -0.274. The van der Waals surface area contributed by atoms with Gasteiger partial charge in [-0.05, 0) is 45.2 Å². The van der Waals surface area contributed by atoms with E-state index >= 15 is 0 Å². The molecule has 1 aromatic carbocycles. The first kappa shape index (κ1) is 23.6. The first-order valence-corrected chi connectivity index (χ1v) is 10.9. The molecule has 2 amide bonds. The molecule has 2 aliphatic heterocycles. The van der Waals surface area contributed by atoms with Gasteiger partial charge in [-0.15, -0.1) is 13.2 Å². The molecule has 34 heavy (non-hydrogen) atoms. The number of fused-ring (bicyclic) bond motifs is 1. The number of rotatable bonds is 4. The van der Waals surface area contributed by atoms with Gasteiger partial charge >= 0.3 is 6.36 Å². The third kappa shape index (κ3) is 5.00. The second-order valence-electron chi connectivity index (χ2n) is 8.56. The molecule has 3 N–H and O–H groups in total. The van der Waals surface area contributed by atoms with Crippen LogP contribution in [0, 0.1) is 0 Å². The zero-order chi connectivity index (χ0) is 24.6. The van der Waals surface area contributed by atoms with Gasteiger partial charge in [-0.1, -0.05) is 6.07 Å². The Bertz CT molecular complexity index is 1160. The molecule has 1 saturated heterocycles. The van der Waals surface area contributed by atoms with Crippen LogP contribution in [0.25, 0.3) is 0 Å². The summed E-state index contributed by atoms with van der Waals surface area (Å²) in [6.07, 6.45) is -2.28. The maximum Gasteiger partial charge on any atom is 0.573 e. The number of benzene rings is 1. The van der Waals surface area contributed by atoms with Gasteiger partial charge in [-0.3, -0.25) is 19.4 Å². The minimum atomic E-state index is -4.89. The average molecular weight is 479 g/mol. The SMILES string of the molecule is C[C@@H]1CCC[C@@H](C)N1c1nc2c(c(=O)[nH]1)[C@H](C(=O)Nc1cccc(OC(F)(F)F)c1)CC(=O)N2. The molecule has 0 radical (unpaired) electrons. The first-order valence-electron chi connectivity index (χ1n) is 10.9. The Morgan fingerprint density at radius 3 is 2.59 bits per heavy atom. The number of aromatic nitrogens is 2. The molecule has 12 heteroatoms. The van der Waals surface area contributed by atoms with Crippen molar-refractivity contribution >= 4 is 29.3 Å². The standard InChI is InChI=1S/C22H24F3N5O4/c1-11-5-3-6-12(2)30(11)21-28-18-17(20(33)29-21)15(10-16(31)27-18)19(32)26-13-7-4-8-14(9-13)34-22(23,24)25/h4,7-9,11-12,15H,3,5-6,10H2,1-2H3,(H,26,32)(H2,27,28,29,31,33)/t11-,12-,15-/m1/s1. The predicted octanol–water partition coefficient (Wildman–Crippen LogP) is 3.50. The number of hydrogen-bond donors (Lipinski definition) is 3. The fourth-order valence-electron chi connectivity index (χ4n) is 4.54. The van der Waals surface area contributed by atoms with Gasteiger partial charge in [0, 0.05) is 30.3 Å². The molecule has 182 valence electrons. The van der Waals surface area contributed by atoms with Gasteiger partial charge in [0.25, 0.3) is 5.56 Å². The molecular formula is C22H24F3N5O4. The number of ether oxygens (including phenoxy) is 1. The van der Waals surface area contributed by atoms with E-state index in [0.717, 1.165) is 31.4 Å². The number of aromatic amines is 1. The van der Waals surface area contributed by atoms with E-state index in [1.165, 1.54) is 12.1 Å². The highest BCUT2D eigenvalue weighted by molar-refractivity contribution is 6.04. The van der Waals surface area contributed by atoms with Crippen molar-refractivity contribution in [1.82, 2.24) is 9.97 Å². The van der Waals surface area contributed by atoms with E-state index in [9.17, 15) is 27.6 Å². The van der Waals surface area contributed by atoms with Gasteiger partial charge in [0.05, 0.1) is 11.5 Å². The highest BCUT2D eigenvalue weighted by Crippen LogP contribution is 2.33. The van der Waals surface area contributed by atoms with E-state index in [2.05, 4.69) is 25.3 Å². The van der Waals surface area contributed by atoms with Gasteiger partial charge < -0.3 is 20.3 Å². The zero-order valence-electron chi connectivity index (χ0n) is 18.5. The zero-order valence-corrected chi connectivity index (χ0v) is 18.5. The van der Waals surface area contributed by atoms with Crippen LogP contribution in [0.15, 0.2) is 29.1 Å². The van der Waals surface area contributed by atoms with Crippen molar-refractivity contribution < 1.29 is 27.5 Å². The third-order valence-electron chi connectivity index (χ3n) is 6.03. The summed E-state index contributed by atoms with van der Waals surface area (Å²) in [4.78, 5) is 47.5. The van der Waals surface area contributed by atoms with E-state index in [1.807, 2.05) is 18.7 Å². The summed E-state index contributed by atoms with van der Waals surface area (Å²) in [5.41, 5.74) is -0.531. The molecule has 0 unspecified atom stereocenters. The highest BCUT2D eigenvalue weighted by Gasteiger charge is 2.36. The van der Waals surface area contributed by atoms with E-state index in [0.29, 0.717) is 5.95 Å². The van der Waals surface area contributed by atoms with Gasteiger partial charge in [0.1, 0.15) is 11.6 Å². The van der Waals surface area contributed by atoms with Crippen LogP contribution < -0.4 is 25.8 Å². The van der Waals surface area contributed by atoms with Gasteiger partial charge in [0.15, 0.2) is 0 Å². The summed E-state index contributed by atoms with van der Waals surface area (Å²) in [5.74, 6) is -2.57. The van der Waals surface area contributed by atoms with Crippen LogP contribution in [0.5, 0.6) is 5.75 Å². The number of carbonyl (C=O) groups excluding carboxylic acids is 2. The molecule has 3 atom stereocenters. The van der Waals surface area contributed by atoms with Gasteiger partial charge in [-0.25, -0.2) is 0 Å². The van der Waals surface area contributed by atoms with E-state index in [1.54, 1.807) is 0 Å².